The molecule has 6 nitrogen and oxygen atoms in total. The van der Waals surface area contributed by atoms with Crippen LogP contribution in [-0.4, -0.2) is 51.2 Å². The molecular formula is C19H26N4O2. The maximum atomic E-state index is 13.5. The van der Waals surface area contributed by atoms with E-state index < -0.39 is 5.54 Å². The molecule has 2 saturated heterocycles. The Hall–Kier alpha value is -1.98. The van der Waals surface area contributed by atoms with E-state index in [0.717, 1.165) is 45.2 Å². The first-order valence-electron chi connectivity index (χ1n) is 9.58. The highest BCUT2D eigenvalue weighted by molar-refractivity contribution is 5.93. The average Bonchev–Trinajstić information content (AvgIpc) is 3.28. The van der Waals surface area contributed by atoms with Crippen molar-refractivity contribution in [3.05, 3.63) is 24.3 Å². The molecule has 3 heterocycles. The normalized spacial score (nSPS) is 26.7. The summed E-state index contributed by atoms with van der Waals surface area (Å²) >= 11 is 0. The quantitative estimate of drug-likeness (QED) is 0.840. The second kappa shape index (κ2) is 6.73. The van der Waals surface area contributed by atoms with Gasteiger partial charge in [-0.25, -0.2) is 0 Å². The van der Waals surface area contributed by atoms with Crippen LogP contribution in [0.3, 0.4) is 0 Å². The zero-order valence-corrected chi connectivity index (χ0v) is 14.7. The molecule has 1 atom stereocenters. The van der Waals surface area contributed by atoms with Crippen molar-refractivity contribution in [2.75, 3.05) is 19.6 Å². The molecule has 6 heteroatoms. The van der Waals surface area contributed by atoms with E-state index in [1.807, 2.05) is 9.80 Å². The molecule has 134 valence electrons. The summed E-state index contributed by atoms with van der Waals surface area (Å²) in [6.45, 7) is 2.21. The highest BCUT2D eigenvalue weighted by atomic mass is 16.2. The van der Waals surface area contributed by atoms with Crippen molar-refractivity contribution in [1.29, 1.82) is 0 Å². The standard InChI is InChI=1S/C19H26N4O2/c24-17(13-15-5-3-6-15)23-12-4-7-19(23,16-14-20-8-9-21-16)18(25)22-10-1-2-11-22/h8-9,14-15H,1-7,10-13H2/t19-/m0/s1. The Kier molecular flexibility index (Phi) is 4.44. The number of nitrogens with zero attached hydrogens (tertiary/aromatic N) is 4. The van der Waals surface area contributed by atoms with Crippen LogP contribution in [0.4, 0.5) is 0 Å². The number of carbonyl (C=O) groups excluding carboxylic acids is 2. The monoisotopic (exact) mass is 342 g/mol. The second-order valence-electron chi connectivity index (χ2n) is 7.60. The summed E-state index contributed by atoms with van der Waals surface area (Å²) in [5.74, 6) is 0.653. The smallest absolute Gasteiger partial charge is 0.254 e. The number of carbonyl (C=O) groups is 2. The van der Waals surface area contributed by atoms with Gasteiger partial charge in [-0.2, -0.15) is 0 Å². The van der Waals surface area contributed by atoms with E-state index in [9.17, 15) is 9.59 Å². The number of amides is 2. The van der Waals surface area contributed by atoms with Crippen LogP contribution in [0.5, 0.6) is 0 Å². The first-order valence-corrected chi connectivity index (χ1v) is 9.58. The molecule has 0 aromatic carbocycles. The zero-order valence-electron chi connectivity index (χ0n) is 14.7. The molecule has 1 saturated carbocycles. The molecular weight excluding hydrogens is 316 g/mol. The predicted molar refractivity (Wildman–Crippen MR) is 92.4 cm³/mol. The number of rotatable bonds is 4. The van der Waals surface area contributed by atoms with Gasteiger partial charge in [-0.3, -0.25) is 19.6 Å². The number of hydrogen-bond acceptors (Lipinski definition) is 4. The van der Waals surface area contributed by atoms with Crippen molar-refractivity contribution in [2.24, 2.45) is 5.92 Å². The van der Waals surface area contributed by atoms with Crippen molar-refractivity contribution in [3.8, 4) is 0 Å². The van der Waals surface area contributed by atoms with Crippen LogP contribution in [0, 0.1) is 5.92 Å². The van der Waals surface area contributed by atoms with Gasteiger partial charge < -0.3 is 9.80 Å². The molecule has 4 rings (SSSR count). The van der Waals surface area contributed by atoms with E-state index in [2.05, 4.69) is 9.97 Å². The topological polar surface area (TPSA) is 66.4 Å². The van der Waals surface area contributed by atoms with Gasteiger partial charge in [0.05, 0.1) is 11.9 Å². The highest BCUT2D eigenvalue weighted by Crippen LogP contribution is 2.42. The third-order valence-corrected chi connectivity index (χ3v) is 6.10. The van der Waals surface area contributed by atoms with Crippen LogP contribution >= 0.6 is 0 Å². The van der Waals surface area contributed by atoms with Gasteiger partial charge in [-0.1, -0.05) is 6.42 Å². The fourth-order valence-corrected chi connectivity index (χ4v) is 4.50. The fourth-order valence-electron chi connectivity index (χ4n) is 4.50. The minimum atomic E-state index is -0.945. The van der Waals surface area contributed by atoms with Crippen molar-refractivity contribution in [1.82, 2.24) is 19.8 Å². The minimum Gasteiger partial charge on any atom is -0.340 e. The highest BCUT2D eigenvalue weighted by Gasteiger charge is 2.54. The number of aromatic nitrogens is 2. The maximum Gasteiger partial charge on any atom is 0.254 e. The van der Waals surface area contributed by atoms with Crippen LogP contribution < -0.4 is 0 Å². The van der Waals surface area contributed by atoms with Crippen LogP contribution in [-0.2, 0) is 15.1 Å². The van der Waals surface area contributed by atoms with Gasteiger partial charge in [-0.05, 0) is 44.4 Å². The van der Waals surface area contributed by atoms with E-state index in [1.165, 1.54) is 6.42 Å². The van der Waals surface area contributed by atoms with E-state index in [-0.39, 0.29) is 11.8 Å². The molecule has 1 aromatic rings. The number of likely N-dealkylation sites (tertiary alicyclic amines) is 2. The summed E-state index contributed by atoms with van der Waals surface area (Å²) in [7, 11) is 0. The van der Waals surface area contributed by atoms with E-state index >= 15 is 0 Å². The van der Waals surface area contributed by atoms with Crippen LogP contribution in [0.15, 0.2) is 18.6 Å². The summed E-state index contributed by atoms with van der Waals surface area (Å²) in [5, 5.41) is 0. The molecule has 0 unspecified atom stereocenters. The summed E-state index contributed by atoms with van der Waals surface area (Å²) in [6.07, 6.45) is 12.5. The Morgan fingerprint density at radius 3 is 2.52 bits per heavy atom. The van der Waals surface area contributed by atoms with Gasteiger partial charge in [0, 0.05) is 38.4 Å². The lowest BCUT2D eigenvalue weighted by atomic mass is 9.82. The van der Waals surface area contributed by atoms with E-state index in [0.29, 0.717) is 31.0 Å². The van der Waals surface area contributed by atoms with Crippen molar-refractivity contribution in [2.45, 2.75) is 56.9 Å². The molecule has 2 aliphatic heterocycles. The fraction of sp³-hybridized carbons (Fsp3) is 0.684. The molecule has 3 fully saturated rings. The summed E-state index contributed by atoms with van der Waals surface area (Å²) in [6, 6.07) is 0. The molecule has 0 N–H and O–H groups in total. The Balaban J connectivity index is 1.68. The lowest BCUT2D eigenvalue weighted by Crippen LogP contribution is -2.56. The second-order valence-corrected chi connectivity index (χ2v) is 7.60. The Labute approximate surface area is 148 Å². The van der Waals surface area contributed by atoms with Crippen molar-refractivity contribution >= 4 is 11.8 Å². The molecule has 3 aliphatic rings. The Bertz CT molecular complexity index is 640. The molecule has 2 amide bonds. The zero-order chi connectivity index (χ0) is 17.3. The average molecular weight is 342 g/mol. The number of hydrogen-bond donors (Lipinski definition) is 0. The van der Waals surface area contributed by atoms with Crippen molar-refractivity contribution < 1.29 is 9.59 Å². The molecule has 0 spiro atoms. The summed E-state index contributed by atoms with van der Waals surface area (Å²) < 4.78 is 0. The summed E-state index contributed by atoms with van der Waals surface area (Å²) in [5.41, 5.74) is -0.314. The molecule has 0 bridgehead atoms. The van der Waals surface area contributed by atoms with Crippen LogP contribution in [0.1, 0.15) is 57.1 Å². The van der Waals surface area contributed by atoms with Gasteiger partial charge in [0.2, 0.25) is 5.91 Å². The lowest BCUT2D eigenvalue weighted by molar-refractivity contribution is -0.152. The van der Waals surface area contributed by atoms with E-state index in [1.54, 1.807) is 18.6 Å². The SMILES string of the molecule is O=C(CC1CCC1)N1CCC[C@@]1(C(=O)N1CCCC1)c1cnccn1. The van der Waals surface area contributed by atoms with Gasteiger partial charge >= 0.3 is 0 Å². The van der Waals surface area contributed by atoms with Gasteiger partial charge in [0.15, 0.2) is 5.54 Å². The van der Waals surface area contributed by atoms with Crippen LogP contribution in [0.25, 0.3) is 0 Å². The molecule has 25 heavy (non-hydrogen) atoms. The predicted octanol–water partition coefficient (Wildman–Crippen LogP) is 2.11. The van der Waals surface area contributed by atoms with Gasteiger partial charge in [0.1, 0.15) is 0 Å². The largest absolute Gasteiger partial charge is 0.340 e. The first-order chi connectivity index (χ1) is 12.2. The lowest BCUT2D eigenvalue weighted by Gasteiger charge is -2.40. The maximum absolute atomic E-state index is 13.5. The third kappa shape index (κ3) is 2.81. The van der Waals surface area contributed by atoms with Gasteiger partial charge in [-0.15, -0.1) is 0 Å². The van der Waals surface area contributed by atoms with Gasteiger partial charge in [0.25, 0.3) is 5.91 Å². The molecule has 1 aromatic heterocycles. The minimum absolute atomic E-state index is 0.0463. The Morgan fingerprint density at radius 1 is 1.08 bits per heavy atom. The van der Waals surface area contributed by atoms with E-state index in [4.69, 9.17) is 0 Å². The summed E-state index contributed by atoms with van der Waals surface area (Å²) in [4.78, 5) is 39.0. The first kappa shape index (κ1) is 16.5. The molecule has 0 radical (unpaired) electrons. The third-order valence-electron chi connectivity index (χ3n) is 6.10. The van der Waals surface area contributed by atoms with Crippen LogP contribution in [0.2, 0.25) is 0 Å². The van der Waals surface area contributed by atoms with Crippen molar-refractivity contribution in [3.63, 3.8) is 0 Å². The Morgan fingerprint density at radius 2 is 1.88 bits per heavy atom. The molecule has 1 aliphatic carbocycles.